The van der Waals surface area contributed by atoms with E-state index in [1.54, 1.807) is 12.3 Å². The molecule has 2 fully saturated rings. The summed E-state index contributed by atoms with van der Waals surface area (Å²) in [5.74, 6) is -0.603. The lowest BCUT2D eigenvalue weighted by atomic mass is 9.86. The Morgan fingerprint density at radius 2 is 1.92 bits per heavy atom. The van der Waals surface area contributed by atoms with Crippen molar-refractivity contribution in [3.8, 4) is 0 Å². The second-order valence-electron chi connectivity index (χ2n) is 9.33. The average Bonchev–Trinajstić information content (AvgIpc) is 3.31. The number of anilines is 2. The zero-order chi connectivity index (χ0) is 25.3. The average molecular weight is 504 g/mol. The first-order chi connectivity index (χ1) is 17.3. The van der Waals surface area contributed by atoms with Crippen molar-refractivity contribution in [3.05, 3.63) is 47.9 Å². The number of nitrogens with zero attached hydrogens (tertiary/aromatic N) is 4. The number of aliphatic hydroxyl groups excluding tert-OH is 1. The highest BCUT2D eigenvalue weighted by molar-refractivity contribution is 6.07. The van der Waals surface area contributed by atoms with Crippen LogP contribution in [0.4, 0.5) is 24.5 Å². The second kappa shape index (κ2) is 10.1. The molecule has 0 spiro atoms. The largest absolute Gasteiger partial charge is 0.418 e. The minimum Gasteiger partial charge on any atom is -0.396 e. The van der Waals surface area contributed by atoms with Crippen molar-refractivity contribution in [2.75, 3.05) is 43.1 Å². The number of benzene rings is 1. The smallest absolute Gasteiger partial charge is 0.396 e. The highest BCUT2D eigenvalue weighted by Gasteiger charge is 2.36. The van der Waals surface area contributed by atoms with Gasteiger partial charge in [-0.3, -0.25) is 14.5 Å². The third-order valence-corrected chi connectivity index (χ3v) is 7.06. The lowest BCUT2D eigenvalue weighted by molar-refractivity contribution is -0.138. The molecule has 2 aromatic heterocycles. The fourth-order valence-corrected chi connectivity index (χ4v) is 5.11. The van der Waals surface area contributed by atoms with Gasteiger partial charge in [0.2, 0.25) is 0 Å². The van der Waals surface area contributed by atoms with Crippen LogP contribution in [0.3, 0.4) is 0 Å². The maximum atomic E-state index is 13.5. The van der Waals surface area contributed by atoms with Crippen molar-refractivity contribution in [2.24, 2.45) is 5.92 Å². The van der Waals surface area contributed by atoms with Crippen molar-refractivity contribution in [1.29, 1.82) is 0 Å². The molecule has 11 heteroatoms. The Morgan fingerprint density at radius 3 is 2.61 bits per heavy atom. The van der Waals surface area contributed by atoms with Gasteiger partial charge < -0.3 is 20.1 Å². The Labute approximate surface area is 206 Å². The molecule has 0 unspecified atom stereocenters. The number of carbonyl (C=O) groups is 1. The molecule has 1 amide bonds. The SMILES string of the molecule is O=C(Nc1cc2cnn(C3CCC(CO)CC3)c2cc1N1CCOCC1)c1ncccc1C(F)(F)F. The van der Waals surface area contributed by atoms with Crippen LogP contribution in [-0.2, 0) is 10.9 Å². The summed E-state index contributed by atoms with van der Waals surface area (Å²) in [6.45, 7) is 2.38. The number of aromatic nitrogens is 3. The molecule has 1 aliphatic heterocycles. The van der Waals surface area contributed by atoms with Crippen LogP contribution in [0.25, 0.3) is 10.9 Å². The normalized spacial score (nSPS) is 21.1. The summed E-state index contributed by atoms with van der Waals surface area (Å²) >= 11 is 0. The van der Waals surface area contributed by atoms with Crippen LogP contribution in [-0.4, -0.2) is 58.7 Å². The van der Waals surface area contributed by atoms with Crippen molar-refractivity contribution >= 4 is 28.2 Å². The molecule has 1 aromatic carbocycles. The van der Waals surface area contributed by atoms with Crippen LogP contribution in [0.2, 0.25) is 0 Å². The Kier molecular flexibility index (Phi) is 6.85. The standard InChI is InChI=1S/C25H28F3N5O3/c26-25(27,28)19-2-1-7-29-23(19)24(35)31-20-12-17-14-30-33(18-5-3-16(15-34)4-6-18)21(17)13-22(20)32-8-10-36-11-9-32/h1-2,7,12-14,16,18,34H,3-6,8-11,15H2,(H,31,35). The molecule has 192 valence electrons. The van der Waals surface area contributed by atoms with E-state index >= 15 is 0 Å². The van der Waals surface area contributed by atoms with Gasteiger partial charge in [-0.05, 0) is 55.9 Å². The van der Waals surface area contributed by atoms with E-state index in [9.17, 15) is 23.1 Å². The van der Waals surface area contributed by atoms with Gasteiger partial charge in [0, 0.05) is 31.3 Å². The highest BCUT2D eigenvalue weighted by Crippen LogP contribution is 2.38. The molecule has 1 aliphatic carbocycles. The van der Waals surface area contributed by atoms with Crippen molar-refractivity contribution < 1.29 is 27.8 Å². The number of ether oxygens (including phenoxy) is 1. The van der Waals surface area contributed by atoms with Gasteiger partial charge in [0.15, 0.2) is 0 Å². The van der Waals surface area contributed by atoms with Gasteiger partial charge in [0.05, 0.1) is 47.9 Å². The fraction of sp³-hybridized carbons (Fsp3) is 0.480. The summed E-state index contributed by atoms with van der Waals surface area (Å²) in [4.78, 5) is 18.8. The lowest BCUT2D eigenvalue weighted by Gasteiger charge is -2.31. The van der Waals surface area contributed by atoms with Gasteiger partial charge in [0.1, 0.15) is 5.69 Å². The summed E-state index contributed by atoms with van der Waals surface area (Å²) in [6, 6.07) is 5.92. The van der Waals surface area contributed by atoms with Crippen LogP contribution in [0.1, 0.15) is 47.8 Å². The summed E-state index contributed by atoms with van der Waals surface area (Å²) in [5.41, 5.74) is 0.249. The topological polar surface area (TPSA) is 92.5 Å². The first kappa shape index (κ1) is 24.5. The number of rotatable bonds is 5. The number of nitrogens with one attached hydrogen (secondary N) is 1. The van der Waals surface area contributed by atoms with Crippen LogP contribution in [0.5, 0.6) is 0 Å². The van der Waals surface area contributed by atoms with Gasteiger partial charge >= 0.3 is 6.18 Å². The van der Waals surface area contributed by atoms with Gasteiger partial charge in [-0.1, -0.05) is 0 Å². The number of amides is 1. The molecule has 2 aliphatic rings. The molecule has 1 saturated carbocycles. The molecular formula is C25H28F3N5O3. The number of hydrogen-bond acceptors (Lipinski definition) is 6. The maximum absolute atomic E-state index is 13.5. The molecule has 8 nitrogen and oxygen atoms in total. The quantitative estimate of drug-likeness (QED) is 0.541. The van der Waals surface area contributed by atoms with Crippen LogP contribution < -0.4 is 10.2 Å². The van der Waals surface area contributed by atoms with E-state index in [-0.39, 0.29) is 12.6 Å². The minimum absolute atomic E-state index is 0.198. The molecule has 5 rings (SSSR count). The summed E-state index contributed by atoms with van der Waals surface area (Å²) in [6.07, 6.45) is 1.87. The molecule has 0 atom stereocenters. The number of hydrogen-bond donors (Lipinski definition) is 2. The molecule has 1 saturated heterocycles. The van der Waals surface area contributed by atoms with E-state index < -0.39 is 23.3 Å². The summed E-state index contributed by atoms with van der Waals surface area (Å²) in [5, 5.41) is 17.5. The molecular weight excluding hydrogens is 475 g/mol. The summed E-state index contributed by atoms with van der Waals surface area (Å²) < 4.78 is 47.9. The zero-order valence-electron chi connectivity index (χ0n) is 19.7. The Morgan fingerprint density at radius 1 is 1.17 bits per heavy atom. The van der Waals surface area contributed by atoms with E-state index in [4.69, 9.17) is 4.74 Å². The van der Waals surface area contributed by atoms with Gasteiger partial charge in [0.25, 0.3) is 5.91 Å². The van der Waals surface area contributed by atoms with E-state index in [1.165, 1.54) is 6.20 Å². The van der Waals surface area contributed by atoms with Crippen molar-refractivity contribution in [1.82, 2.24) is 14.8 Å². The number of alkyl halides is 3. The maximum Gasteiger partial charge on any atom is 0.418 e. The van der Waals surface area contributed by atoms with Crippen LogP contribution >= 0.6 is 0 Å². The Balaban J connectivity index is 1.51. The molecule has 2 N–H and O–H groups in total. The number of aliphatic hydroxyl groups is 1. The van der Waals surface area contributed by atoms with E-state index in [1.807, 2.05) is 10.7 Å². The Bertz CT molecular complexity index is 1230. The first-order valence-corrected chi connectivity index (χ1v) is 12.1. The Hall–Kier alpha value is -3.18. The molecule has 3 heterocycles. The van der Waals surface area contributed by atoms with Gasteiger partial charge in [-0.25, -0.2) is 0 Å². The molecule has 3 aromatic rings. The van der Waals surface area contributed by atoms with Crippen molar-refractivity contribution in [2.45, 2.75) is 37.9 Å². The number of pyridine rings is 1. The number of halogens is 3. The van der Waals surface area contributed by atoms with Gasteiger partial charge in [-0.2, -0.15) is 18.3 Å². The minimum atomic E-state index is -4.70. The fourth-order valence-electron chi connectivity index (χ4n) is 5.11. The third kappa shape index (κ3) is 4.90. The number of fused-ring (bicyclic) bond motifs is 1. The highest BCUT2D eigenvalue weighted by atomic mass is 19.4. The van der Waals surface area contributed by atoms with Crippen LogP contribution in [0, 0.1) is 5.92 Å². The molecule has 0 radical (unpaired) electrons. The zero-order valence-corrected chi connectivity index (χ0v) is 19.7. The monoisotopic (exact) mass is 503 g/mol. The molecule has 0 bridgehead atoms. The number of carbonyl (C=O) groups excluding carboxylic acids is 1. The summed E-state index contributed by atoms with van der Waals surface area (Å²) in [7, 11) is 0. The predicted octanol–water partition coefficient (Wildman–Crippen LogP) is 4.26. The second-order valence-corrected chi connectivity index (χ2v) is 9.33. The third-order valence-electron chi connectivity index (χ3n) is 7.06. The van der Waals surface area contributed by atoms with E-state index in [0.717, 1.165) is 48.7 Å². The predicted molar refractivity (Wildman–Crippen MR) is 128 cm³/mol. The van der Waals surface area contributed by atoms with Crippen molar-refractivity contribution in [3.63, 3.8) is 0 Å². The van der Waals surface area contributed by atoms with E-state index in [2.05, 4.69) is 20.3 Å². The first-order valence-electron chi connectivity index (χ1n) is 12.1. The van der Waals surface area contributed by atoms with E-state index in [0.29, 0.717) is 43.6 Å². The van der Waals surface area contributed by atoms with Gasteiger partial charge in [-0.15, -0.1) is 0 Å². The lowest BCUT2D eigenvalue weighted by Crippen LogP contribution is -2.37. The molecule has 36 heavy (non-hydrogen) atoms. The number of morpholine rings is 1. The van der Waals surface area contributed by atoms with Crippen LogP contribution in [0.15, 0.2) is 36.7 Å².